The molecule has 13 atom stereocenters. The highest BCUT2D eigenvalue weighted by atomic mass is 19.1. The molecule has 2 aromatic carbocycles. The first kappa shape index (κ1) is 104. The standard InChI is InChI=1S/C43H60FN5O11.C43H58FN5O10.2CH4/c1-25(2)38-41(56)45-34(23-29-21-30(44)24-31(51)22-29)42(57)49-20-12-14-33(47-49)43(58)60-36(26(3)13-11-17-37(53)48(6)59-7)16-10-8-9-15-35(52)28(5)39(54)32(40(55)46-38)19-18-27(4)50;1-26(2)38-41(55)45-35(24-30-22-31(44)25-32(51)23-30)42(56)49-21-13-16-34(47-49)43(57)59-36(27(3)15-12-18-37(52)48(6)58-7)17-11-9-8-10-14-28(4)39(53)33(40(54)46-38)20-19-29(5)50;;/h8-11,13,15,17,21-22,24-25,28,32-36,38-39,47,51-52,54H,12,14,16,18-20,23H2,1-7H3,(H,45,56)(H,46,55);8-12,15,18,22-23,25-26,28,34-36,38,47,51,53H,13-14,16-17,19-21,24H2,1-7H3,(H,45,55)(H,46,54);2*1H4/b10-8+,15-9+,17-11+,26-13+;10-8+,11-9+,18-12+,27-15+,39-33+;;/t28-,32+,33?,34-,35-,36-,38-,39+;28-,34?,35-,36-,38-;;/m00../s1. The van der Waals surface area contributed by atoms with Crippen molar-refractivity contribution in [1.29, 1.82) is 0 Å². The molecule has 6 rings (SSSR count). The number of halogens is 2. The fraction of sp³-hybridized carbons (Fsp3) is 0.523. The van der Waals surface area contributed by atoms with Gasteiger partial charge in [-0.15, -0.1) is 0 Å². The number of cyclic esters (lactones) is 2. The first-order valence-corrected chi connectivity index (χ1v) is 39.7. The maximum atomic E-state index is 14.4. The third-order valence-electron chi connectivity index (χ3n) is 20.4. The number of phenols is 2. The SMILES string of the molecule is C.C.CON(C)C(=O)/C=C/C=C(\C)[C@@H]1C/C=C/C=C/C[C@H](C)/C(O)=C(/CCC(C)=O)C(=O)N[C@@H](C(C)C)C(=O)N[C@@H](Cc2cc(O)cc(F)c2)C(=O)N2CCCC(N2)C(=O)O1.CON(C)C(=O)/C=C/C=C(\C)[C@@H]1C/C=C/C=C/[C@H](O)[C@H](C)[C@@H](O)[C@@H](CCC(C)=O)C(=O)N[C@@H](C(C)C)C(=O)N[C@@H](Cc2cc(O)cc(F)c2)C(=O)N2CCCC(N2)C(=O)O1. The monoisotopic (exact) mass is 1700 g/mol. The molecule has 4 aliphatic heterocycles. The van der Waals surface area contributed by atoms with Gasteiger partial charge in [-0.1, -0.05) is 129 Å². The zero-order valence-corrected chi connectivity index (χ0v) is 70.1. The van der Waals surface area contributed by atoms with E-state index in [2.05, 4.69) is 32.1 Å². The molecule has 4 heterocycles. The van der Waals surface area contributed by atoms with E-state index in [0.717, 1.165) is 34.4 Å². The Bertz CT molecular complexity index is 4150. The van der Waals surface area contributed by atoms with Crippen molar-refractivity contribution in [3.05, 3.63) is 167 Å². The minimum Gasteiger partial charge on any atom is -0.512 e. The van der Waals surface area contributed by atoms with Crippen molar-refractivity contribution in [1.82, 2.24) is 52.3 Å². The predicted octanol–water partition coefficient (Wildman–Crippen LogP) is 8.11. The number of esters is 2. The van der Waals surface area contributed by atoms with Gasteiger partial charge in [0.05, 0.1) is 37.9 Å². The first-order valence-electron chi connectivity index (χ1n) is 39.7. The first-order chi connectivity index (χ1) is 56.2. The lowest BCUT2D eigenvalue weighted by atomic mass is 9.84. The summed E-state index contributed by atoms with van der Waals surface area (Å²) in [6.07, 6.45) is 18.9. The lowest BCUT2D eigenvalue weighted by Gasteiger charge is -2.36. The fourth-order valence-corrected chi connectivity index (χ4v) is 13.1. The second kappa shape index (κ2) is 51.7. The Hall–Kier alpha value is -10.8. The summed E-state index contributed by atoms with van der Waals surface area (Å²) in [5, 5.41) is 69.3. The quantitative estimate of drug-likeness (QED) is 0.0258. The minimum absolute atomic E-state index is 0. The van der Waals surface area contributed by atoms with Crippen LogP contribution in [0.4, 0.5) is 8.78 Å². The van der Waals surface area contributed by atoms with Gasteiger partial charge in [-0.05, 0) is 131 Å². The average molecular weight is 1700 g/mol. The van der Waals surface area contributed by atoms with Gasteiger partial charge in [-0.2, -0.15) is 0 Å². The highest BCUT2D eigenvalue weighted by Gasteiger charge is 2.41. The van der Waals surface area contributed by atoms with Crippen LogP contribution < -0.4 is 32.1 Å². The van der Waals surface area contributed by atoms with Crippen LogP contribution in [0, 0.1) is 41.2 Å². The summed E-state index contributed by atoms with van der Waals surface area (Å²) in [7, 11) is 5.60. The van der Waals surface area contributed by atoms with E-state index in [1.807, 2.05) is 0 Å². The Morgan fingerprint density at radius 1 is 0.587 bits per heavy atom. The molecule has 4 bridgehead atoms. The van der Waals surface area contributed by atoms with Crippen molar-refractivity contribution in [2.45, 2.75) is 228 Å². The molecule has 668 valence electrons. The second-order valence-corrected chi connectivity index (χ2v) is 30.7. The van der Waals surface area contributed by atoms with Crippen LogP contribution in [0.2, 0.25) is 0 Å². The van der Waals surface area contributed by atoms with Crippen LogP contribution in [0.15, 0.2) is 144 Å². The van der Waals surface area contributed by atoms with E-state index in [1.54, 1.807) is 97.1 Å². The summed E-state index contributed by atoms with van der Waals surface area (Å²) in [5.41, 5.74) is 7.32. The van der Waals surface area contributed by atoms with E-state index in [1.165, 1.54) is 108 Å². The van der Waals surface area contributed by atoms with Gasteiger partial charge in [0.2, 0.25) is 17.7 Å². The summed E-state index contributed by atoms with van der Waals surface area (Å²) >= 11 is 0. The maximum absolute atomic E-state index is 14.4. The number of carbonyl (C=O) groups is 12. The second-order valence-electron chi connectivity index (χ2n) is 30.7. The Balaban J connectivity index is 0.000000615. The molecule has 2 aromatic rings. The number of ether oxygens (including phenoxy) is 2. The summed E-state index contributed by atoms with van der Waals surface area (Å²) in [4.78, 5) is 170. The molecule has 8 amide bonds. The van der Waals surface area contributed by atoms with Gasteiger partial charge in [-0.3, -0.25) is 67.6 Å². The summed E-state index contributed by atoms with van der Waals surface area (Å²) < 4.78 is 40.8. The molecule has 33 heteroatoms. The van der Waals surface area contributed by atoms with Gasteiger partial charge in [0.15, 0.2) is 0 Å². The smallest absolute Gasteiger partial charge is 0.325 e. The number of aromatic hydroxyl groups is 2. The van der Waals surface area contributed by atoms with Crippen LogP contribution in [0.5, 0.6) is 11.5 Å². The van der Waals surface area contributed by atoms with Gasteiger partial charge in [-0.25, -0.2) is 29.8 Å². The number of rotatable bonds is 20. The number of benzene rings is 2. The van der Waals surface area contributed by atoms with Gasteiger partial charge < -0.3 is 65.9 Å². The van der Waals surface area contributed by atoms with Gasteiger partial charge in [0.25, 0.3) is 29.5 Å². The molecule has 4 aliphatic rings. The summed E-state index contributed by atoms with van der Waals surface area (Å²) in [5.74, 6) is -13.4. The van der Waals surface area contributed by atoms with Gasteiger partial charge in [0, 0.05) is 102 Å². The lowest BCUT2D eigenvalue weighted by molar-refractivity contribution is -0.163. The molecule has 121 heavy (non-hydrogen) atoms. The topological polar surface area (TPSA) is 428 Å². The molecule has 2 fully saturated rings. The number of ketones is 2. The van der Waals surface area contributed by atoms with Gasteiger partial charge >= 0.3 is 11.9 Å². The Morgan fingerprint density at radius 3 is 1.42 bits per heavy atom. The van der Waals surface area contributed by atoms with E-state index in [0.29, 0.717) is 36.8 Å². The van der Waals surface area contributed by atoms with E-state index in [4.69, 9.17) is 19.1 Å². The molecule has 0 saturated carbocycles. The normalized spacial score (nSPS) is 26.4. The molecule has 0 aromatic heterocycles. The van der Waals surface area contributed by atoms with Crippen LogP contribution in [0.3, 0.4) is 0 Å². The zero-order chi connectivity index (χ0) is 88.5. The molecule has 31 nitrogen and oxygen atoms in total. The number of hydrazine groups is 2. The number of phenolic OH excluding ortho intramolecular Hbond substituents is 2. The number of carbonyl (C=O) groups excluding carboxylic acids is 12. The van der Waals surface area contributed by atoms with Crippen molar-refractivity contribution >= 4 is 70.8 Å². The molecule has 0 radical (unpaired) electrons. The molecular weight excluding hydrogens is 1570 g/mol. The molecule has 0 aliphatic carbocycles. The van der Waals surface area contributed by atoms with Crippen LogP contribution in [-0.4, -0.2) is 219 Å². The number of amides is 8. The number of aliphatic hydroxyl groups is 3. The van der Waals surface area contributed by atoms with E-state index < -0.39 is 173 Å². The number of hydrogen-bond donors (Lipinski definition) is 11. The van der Waals surface area contributed by atoms with Crippen LogP contribution in [-0.2, 0) is 89.5 Å². The van der Waals surface area contributed by atoms with Crippen molar-refractivity contribution in [2.75, 3.05) is 41.4 Å². The zero-order valence-electron chi connectivity index (χ0n) is 70.1. The Morgan fingerprint density at radius 2 is 1.01 bits per heavy atom. The third kappa shape index (κ3) is 33.9. The van der Waals surface area contributed by atoms with E-state index >= 15 is 0 Å². The highest BCUT2D eigenvalue weighted by molar-refractivity contribution is 5.99. The number of nitrogens with one attached hydrogen (secondary N) is 6. The number of hydroxylamine groups is 4. The van der Waals surface area contributed by atoms with E-state index in [-0.39, 0.29) is 120 Å². The van der Waals surface area contributed by atoms with Crippen LogP contribution in [0.25, 0.3) is 0 Å². The van der Waals surface area contributed by atoms with Crippen molar-refractivity contribution < 1.29 is 111 Å². The van der Waals surface area contributed by atoms with Crippen LogP contribution >= 0.6 is 0 Å². The fourth-order valence-electron chi connectivity index (χ4n) is 13.1. The van der Waals surface area contributed by atoms with Crippen LogP contribution in [0.1, 0.15) is 166 Å². The van der Waals surface area contributed by atoms with Crippen molar-refractivity contribution in [3.8, 4) is 11.5 Å². The molecule has 2 saturated heterocycles. The highest BCUT2D eigenvalue weighted by Crippen LogP contribution is 2.28. The third-order valence-corrected chi connectivity index (χ3v) is 20.4. The maximum Gasteiger partial charge on any atom is 0.325 e. The van der Waals surface area contributed by atoms with Gasteiger partial charge in [0.1, 0.15) is 88.9 Å². The number of aliphatic hydroxyl groups excluding tert-OH is 3. The number of likely N-dealkylation sites (N-methyl/N-ethyl adjacent to an activating group) is 2. The predicted molar refractivity (Wildman–Crippen MR) is 449 cm³/mol. The lowest BCUT2D eigenvalue weighted by Crippen LogP contribution is -2.62. The summed E-state index contributed by atoms with van der Waals surface area (Å²) in [6.45, 7) is 16.3. The molecular formula is C88H126F2N10O21. The molecule has 11 N–H and O–H groups in total. The molecule has 2 unspecified atom stereocenters. The largest absolute Gasteiger partial charge is 0.512 e. The van der Waals surface area contributed by atoms with Crippen molar-refractivity contribution in [2.24, 2.45) is 29.6 Å². The number of hydrogen-bond acceptors (Lipinski definition) is 23. The minimum atomic E-state index is -1.46. The number of nitrogens with zero attached hydrogens (tertiary/aromatic N) is 4. The number of fused-ring (bicyclic) bond motifs is 4. The number of Topliss-reactive ketones (excluding diaryl/α,β-unsaturated/α-hetero) is 2. The Kier molecular flexibility index (Phi) is 44.6. The Labute approximate surface area is 708 Å². The average Bonchev–Trinajstić information content (AvgIpc) is 0.826. The van der Waals surface area contributed by atoms with E-state index in [9.17, 15) is 91.8 Å². The number of allylic oxidation sites excluding steroid dienone is 10. The summed E-state index contributed by atoms with van der Waals surface area (Å²) in [6, 6.07) is -0.725. The molecule has 0 spiro atoms. The van der Waals surface area contributed by atoms with Crippen molar-refractivity contribution in [3.63, 3.8) is 0 Å².